The highest BCUT2D eigenvalue weighted by atomic mass is 16.5. The van der Waals surface area contributed by atoms with Crippen LogP contribution in [-0.2, 0) is 20.7 Å². The summed E-state index contributed by atoms with van der Waals surface area (Å²) in [6, 6.07) is 6.66. The van der Waals surface area contributed by atoms with E-state index in [4.69, 9.17) is 4.74 Å². The summed E-state index contributed by atoms with van der Waals surface area (Å²) >= 11 is 0. The third-order valence-corrected chi connectivity index (χ3v) is 3.17. The molecule has 1 atom stereocenters. The Morgan fingerprint density at radius 1 is 1.38 bits per heavy atom. The van der Waals surface area contributed by atoms with Gasteiger partial charge >= 0.3 is 5.97 Å². The molecule has 0 radical (unpaired) electrons. The molecular weight excluding hydrogens is 272 g/mol. The molecule has 0 aliphatic rings. The number of para-hydroxylation sites is 1. The van der Waals surface area contributed by atoms with Crippen LogP contribution >= 0.6 is 0 Å². The fraction of sp³-hybridized carbons (Fsp3) is 0.333. The average Bonchev–Trinajstić information content (AvgIpc) is 2.87. The molecule has 1 heterocycles. The van der Waals surface area contributed by atoms with Crippen molar-refractivity contribution in [2.24, 2.45) is 0 Å². The van der Waals surface area contributed by atoms with Crippen molar-refractivity contribution in [1.82, 2.24) is 10.3 Å². The number of ether oxygens (including phenoxy) is 1. The fourth-order valence-corrected chi connectivity index (χ4v) is 2.15. The third kappa shape index (κ3) is 3.82. The first kappa shape index (κ1) is 15.1. The Labute approximate surface area is 122 Å². The first-order valence-corrected chi connectivity index (χ1v) is 6.76. The Hall–Kier alpha value is -2.34. The molecule has 0 unspecified atom stereocenters. The maximum absolute atomic E-state index is 11.6. The third-order valence-electron chi connectivity index (χ3n) is 3.17. The number of benzene rings is 1. The predicted octanol–water partition coefficient (Wildman–Crippen LogP) is 1.32. The Morgan fingerprint density at radius 3 is 2.86 bits per heavy atom. The van der Waals surface area contributed by atoms with Crippen LogP contribution in [0.2, 0.25) is 0 Å². The molecule has 2 aromatic rings. The zero-order valence-electron chi connectivity index (χ0n) is 11.8. The minimum atomic E-state index is -1.06. The molecule has 2 rings (SSSR count). The largest absolute Gasteiger partial charge is 0.480 e. The van der Waals surface area contributed by atoms with Gasteiger partial charge in [-0.2, -0.15) is 0 Å². The van der Waals surface area contributed by atoms with E-state index in [0.717, 1.165) is 16.5 Å². The molecule has 0 saturated carbocycles. The minimum absolute atomic E-state index is 0.131. The number of hydrogen-bond donors (Lipinski definition) is 3. The number of aliphatic carboxylic acids is 1. The van der Waals surface area contributed by atoms with E-state index in [1.807, 2.05) is 24.3 Å². The van der Waals surface area contributed by atoms with E-state index < -0.39 is 17.9 Å². The monoisotopic (exact) mass is 290 g/mol. The molecule has 0 aliphatic carbocycles. The second kappa shape index (κ2) is 6.90. The maximum Gasteiger partial charge on any atom is 0.326 e. The number of hydrogen-bond acceptors (Lipinski definition) is 3. The molecule has 1 amide bonds. The van der Waals surface area contributed by atoms with Gasteiger partial charge in [-0.25, -0.2) is 4.79 Å². The van der Waals surface area contributed by atoms with Crippen LogP contribution in [0.15, 0.2) is 30.5 Å². The topological polar surface area (TPSA) is 91.4 Å². The second-order valence-corrected chi connectivity index (χ2v) is 4.66. The summed E-state index contributed by atoms with van der Waals surface area (Å²) in [7, 11) is 0. The van der Waals surface area contributed by atoms with Crippen LogP contribution in [0.25, 0.3) is 10.9 Å². The number of H-pyrrole nitrogens is 1. The molecule has 1 aromatic carbocycles. The van der Waals surface area contributed by atoms with Crippen LogP contribution in [0.3, 0.4) is 0 Å². The minimum Gasteiger partial charge on any atom is -0.480 e. The van der Waals surface area contributed by atoms with Gasteiger partial charge in [0.05, 0.1) is 0 Å². The number of amides is 1. The van der Waals surface area contributed by atoms with Crippen LogP contribution in [0.5, 0.6) is 0 Å². The van der Waals surface area contributed by atoms with Crippen molar-refractivity contribution in [2.45, 2.75) is 19.4 Å². The number of fused-ring (bicyclic) bond motifs is 1. The van der Waals surface area contributed by atoms with Crippen molar-refractivity contribution in [3.63, 3.8) is 0 Å². The van der Waals surface area contributed by atoms with Crippen molar-refractivity contribution < 1.29 is 19.4 Å². The van der Waals surface area contributed by atoms with E-state index in [-0.39, 0.29) is 13.0 Å². The lowest BCUT2D eigenvalue weighted by Crippen LogP contribution is -2.43. The standard InChI is InChI=1S/C15H18N2O4/c1-2-21-9-14(18)17-13(15(19)20)7-10-8-16-12-6-4-3-5-11(10)12/h3-6,8,13,16H,2,7,9H2,1H3,(H,17,18)(H,19,20)/t13-/m0/s1. The number of aromatic amines is 1. The van der Waals surface area contributed by atoms with E-state index >= 15 is 0 Å². The number of carbonyl (C=O) groups excluding carboxylic acids is 1. The van der Waals surface area contributed by atoms with Gasteiger partial charge in [-0.1, -0.05) is 18.2 Å². The molecule has 0 aliphatic heterocycles. The SMILES string of the molecule is CCOCC(=O)N[C@@H](Cc1c[nH]c2ccccc12)C(=O)O. The number of nitrogens with one attached hydrogen (secondary N) is 2. The van der Waals surface area contributed by atoms with Gasteiger partial charge in [-0.15, -0.1) is 0 Å². The van der Waals surface area contributed by atoms with Crippen molar-refractivity contribution in [3.8, 4) is 0 Å². The van der Waals surface area contributed by atoms with Crippen LogP contribution < -0.4 is 5.32 Å². The lowest BCUT2D eigenvalue weighted by molar-refractivity contribution is -0.142. The van der Waals surface area contributed by atoms with Gasteiger partial charge in [0.1, 0.15) is 12.6 Å². The normalized spacial score (nSPS) is 12.2. The highest BCUT2D eigenvalue weighted by molar-refractivity contribution is 5.87. The summed E-state index contributed by atoms with van der Waals surface area (Å²) in [6.07, 6.45) is 1.99. The lowest BCUT2D eigenvalue weighted by Gasteiger charge is -2.14. The summed E-state index contributed by atoms with van der Waals surface area (Å²) < 4.78 is 4.97. The Balaban J connectivity index is 2.09. The zero-order valence-corrected chi connectivity index (χ0v) is 11.8. The number of carboxylic acid groups (broad SMARTS) is 1. The second-order valence-electron chi connectivity index (χ2n) is 4.66. The molecule has 0 fully saturated rings. The molecule has 0 spiro atoms. The van der Waals surface area contributed by atoms with E-state index in [1.54, 1.807) is 13.1 Å². The Bertz CT molecular complexity index is 635. The molecule has 112 valence electrons. The van der Waals surface area contributed by atoms with Gasteiger partial charge in [0, 0.05) is 30.1 Å². The lowest BCUT2D eigenvalue weighted by atomic mass is 10.1. The van der Waals surface area contributed by atoms with Crippen LogP contribution in [0.1, 0.15) is 12.5 Å². The number of aromatic nitrogens is 1. The average molecular weight is 290 g/mol. The molecule has 0 bridgehead atoms. The molecule has 0 saturated heterocycles. The number of rotatable bonds is 7. The van der Waals surface area contributed by atoms with Gasteiger partial charge in [0.2, 0.25) is 5.91 Å². The molecule has 1 aromatic heterocycles. The van der Waals surface area contributed by atoms with Crippen molar-refractivity contribution >= 4 is 22.8 Å². The highest BCUT2D eigenvalue weighted by Gasteiger charge is 2.21. The van der Waals surface area contributed by atoms with Gasteiger partial charge in [0.25, 0.3) is 0 Å². The van der Waals surface area contributed by atoms with Crippen LogP contribution in [0.4, 0.5) is 0 Å². The van der Waals surface area contributed by atoms with E-state index in [0.29, 0.717) is 6.61 Å². The van der Waals surface area contributed by atoms with Gasteiger partial charge < -0.3 is 20.1 Å². The first-order valence-electron chi connectivity index (χ1n) is 6.76. The summed E-state index contributed by atoms with van der Waals surface area (Å²) in [5.41, 5.74) is 1.80. The smallest absolute Gasteiger partial charge is 0.326 e. The highest BCUT2D eigenvalue weighted by Crippen LogP contribution is 2.19. The number of carboxylic acids is 1. The van der Waals surface area contributed by atoms with Crippen LogP contribution in [-0.4, -0.2) is 41.2 Å². The van der Waals surface area contributed by atoms with E-state index in [2.05, 4.69) is 10.3 Å². The Morgan fingerprint density at radius 2 is 2.14 bits per heavy atom. The van der Waals surface area contributed by atoms with Crippen molar-refractivity contribution in [3.05, 3.63) is 36.0 Å². The van der Waals surface area contributed by atoms with Crippen molar-refractivity contribution in [2.75, 3.05) is 13.2 Å². The molecule has 21 heavy (non-hydrogen) atoms. The fourth-order valence-electron chi connectivity index (χ4n) is 2.15. The maximum atomic E-state index is 11.6. The molecular formula is C15H18N2O4. The zero-order chi connectivity index (χ0) is 15.2. The summed E-state index contributed by atoms with van der Waals surface area (Å²) in [6.45, 7) is 2.05. The van der Waals surface area contributed by atoms with Crippen LogP contribution in [0, 0.1) is 0 Å². The van der Waals surface area contributed by atoms with Gasteiger partial charge in [-0.3, -0.25) is 4.79 Å². The van der Waals surface area contributed by atoms with E-state index in [9.17, 15) is 14.7 Å². The number of carbonyl (C=O) groups is 2. The van der Waals surface area contributed by atoms with Gasteiger partial charge in [0.15, 0.2) is 0 Å². The van der Waals surface area contributed by atoms with E-state index in [1.165, 1.54) is 0 Å². The predicted molar refractivity (Wildman–Crippen MR) is 78.1 cm³/mol. The quantitative estimate of drug-likeness (QED) is 0.717. The van der Waals surface area contributed by atoms with Crippen molar-refractivity contribution in [1.29, 1.82) is 0 Å². The summed E-state index contributed by atoms with van der Waals surface area (Å²) in [4.78, 5) is 26.0. The molecule has 3 N–H and O–H groups in total. The Kier molecular flexibility index (Phi) is 4.94. The summed E-state index contributed by atoms with van der Waals surface area (Å²) in [5, 5.41) is 12.7. The first-order chi connectivity index (χ1) is 10.1. The molecule has 6 heteroatoms. The summed E-state index contributed by atoms with van der Waals surface area (Å²) in [5.74, 6) is -1.49. The van der Waals surface area contributed by atoms with Gasteiger partial charge in [-0.05, 0) is 18.6 Å². The molecule has 6 nitrogen and oxygen atoms in total.